The van der Waals surface area contributed by atoms with E-state index in [1.54, 1.807) is 27.7 Å². The van der Waals surface area contributed by atoms with E-state index in [2.05, 4.69) is 20.3 Å². The predicted molar refractivity (Wildman–Crippen MR) is 107 cm³/mol. The minimum atomic E-state index is -0.642. The predicted octanol–water partition coefficient (Wildman–Crippen LogP) is 0.325. The number of imidazole rings is 1. The molecule has 2 amide bonds. The number of anilines is 1. The number of rotatable bonds is 8. The summed E-state index contributed by atoms with van der Waals surface area (Å²) in [6.45, 7) is 6.90. The number of nitrogens with zero attached hydrogens (tertiary/aromatic N) is 5. The highest BCUT2D eigenvalue weighted by molar-refractivity contribution is 5.85. The Bertz CT molecular complexity index is 906. The molecule has 30 heavy (non-hydrogen) atoms. The van der Waals surface area contributed by atoms with E-state index in [1.807, 2.05) is 0 Å². The molecule has 0 bridgehead atoms. The van der Waals surface area contributed by atoms with Crippen molar-refractivity contribution < 1.29 is 23.9 Å². The number of esters is 1. The molecular weight excluding hydrogens is 394 g/mol. The number of nitrogens with two attached hydrogens (primary N) is 1. The van der Waals surface area contributed by atoms with Gasteiger partial charge in [-0.05, 0) is 27.7 Å². The standard InChI is InChI=1S/C18H27N7O5/c1-5-29-13(27)9-24(7-6-20-17(28)30-18(2,3)4)12(26)8-25-11-23-14-15(19)21-10-22-16(14)25/h10-11H,5-9H2,1-4H3,(H,20,28)(H2,19,21,22). The molecule has 2 aromatic heterocycles. The second-order valence-electron chi connectivity index (χ2n) is 7.35. The molecule has 0 atom stereocenters. The molecule has 0 radical (unpaired) electrons. The second-order valence-corrected chi connectivity index (χ2v) is 7.35. The van der Waals surface area contributed by atoms with E-state index in [0.717, 1.165) is 0 Å². The first-order valence-electron chi connectivity index (χ1n) is 9.42. The van der Waals surface area contributed by atoms with Crippen molar-refractivity contribution in [2.24, 2.45) is 0 Å². The summed E-state index contributed by atoms with van der Waals surface area (Å²) in [5.74, 6) is -0.730. The van der Waals surface area contributed by atoms with Crippen molar-refractivity contribution in [3.63, 3.8) is 0 Å². The van der Waals surface area contributed by atoms with E-state index < -0.39 is 17.7 Å². The number of nitrogen functional groups attached to an aromatic ring is 1. The van der Waals surface area contributed by atoms with Crippen molar-refractivity contribution in [3.8, 4) is 0 Å². The Hall–Kier alpha value is -3.44. The maximum absolute atomic E-state index is 12.8. The first kappa shape index (κ1) is 22.8. The molecule has 0 fully saturated rings. The molecule has 0 unspecified atom stereocenters. The Morgan fingerprint density at radius 3 is 2.63 bits per heavy atom. The third-order valence-corrected chi connectivity index (χ3v) is 3.76. The van der Waals surface area contributed by atoms with E-state index in [1.165, 1.54) is 22.1 Å². The van der Waals surface area contributed by atoms with Gasteiger partial charge in [0.1, 0.15) is 30.5 Å². The molecule has 0 spiro atoms. The normalized spacial score (nSPS) is 11.2. The van der Waals surface area contributed by atoms with Gasteiger partial charge in [-0.2, -0.15) is 0 Å². The minimum absolute atomic E-state index is 0.0840. The fourth-order valence-corrected chi connectivity index (χ4v) is 2.52. The number of hydrogen-bond acceptors (Lipinski definition) is 9. The lowest BCUT2D eigenvalue weighted by molar-refractivity contribution is -0.149. The van der Waals surface area contributed by atoms with E-state index in [9.17, 15) is 14.4 Å². The molecule has 0 saturated heterocycles. The van der Waals surface area contributed by atoms with Crippen molar-refractivity contribution in [3.05, 3.63) is 12.7 Å². The molecule has 12 heteroatoms. The van der Waals surface area contributed by atoms with Crippen molar-refractivity contribution in [2.75, 3.05) is 32.0 Å². The fourth-order valence-electron chi connectivity index (χ4n) is 2.52. The number of alkyl carbamates (subject to hydrolysis) is 1. The molecule has 164 valence electrons. The highest BCUT2D eigenvalue weighted by atomic mass is 16.6. The Morgan fingerprint density at radius 1 is 1.23 bits per heavy atom. The summed E-state index contributed by atoms with van der Waals surface area (Å²) in [5, 5.41) is 2.56. The van der Waals surface area contributed by atoms with Gasteiger partial charge in [-0.1, -0.05) is 0 Å². The van der Waals surface area contributed by atoms with Crippen LogP contribution in [0.2, 0.25) is 0 Å². The maximum atomic E-state index is 12.8. The van der Waals surface area contributed by atoms with Gasteiger partial charge < -0.3 is 30.0 Å². The molecule has 0 aliphatic carbocycles. The van der Waals surface area contributed by atoms with Crippen molar-refractivity contribution in [2.45, 2.75) is 39.8 Å². The van der Waals surface area contributed by atoms with E-state index in [-0.39, 0.29) is 44.5 Å². The number of aromatic nitrogens is 4. The van der Waals surface area contributed by atoms with Crippen LogP contribution in [0.4, 0.5) is 10.6 Å². The third-order valence-electron chi connectivity index (χ3n) is 3.76. The number of ether oxygens (including phenoxy) is 2. The zero-order chi connectivity index (χ0) is 22.3. The summed E-state index contributed by atoms with van der Waals surface area (Å²) < 4.78 is 11.6. The van der Waals surface area contributed by atoms with Crippen LogP contribution in [-0.2, 0) is 25.6 Å². The number of hydrogen-bond donors (Lipinski definition) is 2. The van der Waals surface area contributed by atoms with E-state index >= 15 is 0 Å². The number of carbonyl (C=O) groups is 3. The molecule has 0 aliphatic rings. The summed E-state index contributed by atoms with van der Waals surface area (Å²) in [4.78, 5) is 49.9. The Balaban J connectivity index is 2.05. The summed E-state index contributed by atoms with van der Waals surface area (Å²) in [5.41, 5.74) is 5.90. The van der Waals surface area contributed by atoms with E-state index in [0.29, 0.717) is 11.2 Å². The maximum Gasteiger partial charge on any atom is 0.407 e. The second kappa shape index (κ2) is 9.85. The highest BCUT2D eigenvalue weighted by Crippen LogP contribution is 2.14. The van der Waals surface area contributed by atoms with Gasteiger partial charge in [0.05, 0.1) is 12.9 Å². The average molecular weight is 421 g/mol. The smallest absolute Gasteiger partial charge is 0.407 e. The van der Waals surface area contributed by atoms with Gasteiger partial charge in [-0.25, -0.2) is 19.7 Å². The van der Waals surface area contributed by atoms with Crippen LogP contribution in [0, 0.1) is 0 Å². The number of fused-ring (bicyclic) bond motifs is 1. The lowest BCUT2D eigenvalue weighted by Crippen LogP contribution is -2.43. The van der Waals surface area contributed by atoms with Gasteiger partial charge in [0, 0.05) is 13.1 Å². The quantitative estimate of drug-likeness (QED) is 0.573. The first-order valence-corrected chi connectivity index (χ1v) is 9.42. The molecule has 3 N–H and O–H groups in total. The van der Waals surface area contributed by atoms with Gasteiger partial charge in [-0.15, -0.1) is 0 Å². The zero-order valence-corrected chi connectivity index (χ0v) is 17.5. The molecule has 12 nitrogen and oxygen atoms in total. The summed E-state index contributed by atoms with van der Waals surface area (Å²) >= 11 is 0. The van der Waals surface area contributed by atoms with Crippen LogP contribution in [0.5, 0.6) is 0 Å². The SMILES string of the molecule is CCOC(=O)CN(CCNC(=O)OC(C)(C)C)C(=O)Cn1cnc2c(N)ncnc21. The first-order chi connectivity index (χ1) is 14.1. The van der Waals surface area contributed by atoms with Crippen LogP contribution < -0.4 is 11.1 Å². The summed E-state index contributed by atoms with van der Waals surface area (Å²) in [6, 6.07) is 0. The van der Waals surface area contributed by atoms with Crippen LogP contribution in [-0.4, -0.2) is 74.2 Å². The Kier molecular flexibility index (Phi) is 7.50. The molecule has 2 rings (SSSR count). The Morgan fingerprint density at radius 2 is 1.97 bits per heavy atom. The van der Waals surface area contributed by atoms with Gasteiger partial charge in [0.15, 0.2) is 11.5 Å². The van der Waals surface area contributed by atoms with Crippen LogP contribution >= 0.6 is 0 Å². The van der Waals surface area contributed by atoms with Gasteiger partial charge in [0.2, 0.25) is 5.91 Å². The minimum Gasteiger partial charge on any atom is -0.465 e. The van der Waals surface area contributed by atoms with Crippen LogP contribution in [0.3, 0.4) is 0 Å². The molecule has 0 aliphatic heterocycles. The summed E-state index contributed by atoms with van der Waals surface area (Å²) in [6.07, 6.45) is 2.09. The van der Waals surface area contributed by atoms with E-state index in [4.69, 9.17) is 15.2 Å². The highest BCUT2D eigenvalue weighted by Gasteiger charge is 2.21. The molecular formula is C18H27N7O5. The monoisotopic (exact) mass is 421 g/mol. The number of carbonyl (C=O) groups excluding carboxylic acids is 3. The summed E-state index contributed by atoms with van der Waals surface area (Å²) in [7, 11) is 0. The molecule has 2 heterocycles. The Labute approximate surface area is 173 Å². The van der Waals surface area contributed by atoms with Crippen LogP contribution in [0.1, 0.15) is 27.7 Å². The average Bonchev–Trinajstić information content (AvgIpc) is 3.04. The topological polar surface area (TPSA) is 155 Å². The largest absolute Gasteiger partial charge is 0.465 e. The van der Waals surface area contributed by atoms with Gasteiger partial charge in [-0.3, -0.25) is 9.59 Å². The van der Waals surface area contributed by atoms with Gasteiger partial charge in [0.25, 0.3) is 0 Å². The molecule has 2 aromatic rings. The lowest BCUT2D eigenvalue weighted by atomic mass is 10.2. The fraction of sp³-hybridized carbons (Fsp3) is 0.556. The van der Waals surface area contributed by atoms with Crippen molar-refractivity contribution >= 4 is 35.0 Å². The van der Waals surface area contributed by atoms with Crippen molar-refractivity contribution in [1.29, 1.82) is 0 Å². The number of amides is 2. The molecule has 0 aromatic carbocycles. The van der Waals surface area contributed by atoms with Gasteiger partial charge >= 0.3 is 12.1 Å². The zero-order valence-electron chi connectivity index (χ0n) is 17.5. The number of nitrogens with one attached hydrogen (secondary N) is 1. The molecule has 0 saturated carbocycles. The lowest BCUT2D eigenvalue weighted by Gasteiger charge is -2.23. The third kappa shape index (κ3) is 6.57. The van der Waals surface area contributed by atoms with Crippen LogP contribution in [0.25, 0.3) is 11.2 Å². The van der Waals surface area contributed by atoms with Crippen molar-refractivity contribution in [1.82, 2.24) is 29.7 Å². The van der Waals surface area contributed by atoms with Crippen LogP contribution in [0.15, 0.2) is 12.7 Å².